The van der Waals surface area contributed by atoms with Crippen LogP contribution in [0.4, 0.5) is 17.1 Å². The van der Waals surface area contributed by atoms with Gasteiger partial charge in [-0.2, -0.15) is 0 Å². The highest BCUT2D eigenvalue weighted by Crippen LogP contribution is 2.56. The van der Waals surface area contributed by atoms with Crippen molar-refractivity contribution in [2.24, 2.45) is 53.3 Å². The van der Waals surface area contributed by atoms with Crippen molar-refractivity contribution in [1.82, 2.24) is 28.9 Å². The van der Waals surface area contributed by atoms with Crippen molar-refractivity contribution in [2.45, 2.75) is 283 Å². The molecular weight excluding hydrogens is 1980 g/mol. The number of hydrogen-bond acceptors (Lipinski definition) is 22. The van der Waals surface area contributed by atoms with E-state index in [1.54, 1.807) is 31.2 Å². The van der Waals surface area contributed by atoms with E-state index in [-0.39, 0.29) is 110 Å². The third kappa shape index (κ3) is 23.0. The summed E-state index contributed by atoms with van der Waals surface area (Å²) in [6.45, 7) is 32.5. The highest BCUT2D eigenvalue weighted by atomic mass is 35.5. The molecule has 6 N–H and O–H groups in total. The standard InChI is InChI=1S/2C39H54ClN3O5S.C38H52ClN3O6S/c1-26-7-5-16-39(45,24-42-17-18-47-22-27(42)2)34-12-9-31(34)21-43-23-38(15-6-8-29-19-32(40)11-13-33(29)38)25-48-36-14-10-30(20-35(36)43)37(44)41-49(4,46)28(26)3;1-26-7-5-16-39(45,24-42-17-18-47-27(2)21-42)34-12-9-31(34)22-43-23-38(15-6-8-29-19-32(40)11-13-33(29)38)25-48-36-14-10-30(20-35(36)43)37(44)41-49(4,46)28(26)3;1-25-6-4-15-38(44,23-41-16-17-47-21-26(41)2)33-11-8-30(33)20-42-22-37(14-5-7-28-18-31(39)10-12-32(28)37)24-48-35-13-9-29(19-34(35)42)36(43)40-49(45,46)27(25)3/h2*10-11,13-14,19-20,26-28,31,34,45H,4-9,12,15-18,21-25H2,1-3H3,(H,41,44,46);9-10,12-13,18-19,25-27,30,33,44H,4-8,11,14-17,20-24H2,1-3H3,(H,40,43)/t2*26-,27-,28+,31-,34+,38-,39-,49?;25-,26-,27+,30-,33+,37-,38+/m000/s1. The Morgan fingerprint density at radius 2 is 0.741 bits per heavy atom. The summed E-state index contributed by atoms with van der Waals surface area (Å²) >= 11 is 19.4. The number of amides is 3. The van der Waals surface area contributed by atoms with E-state index in [2.05, 4.69) is 126 Å². The van der Waals surface area contributed by atoms with Crippen LogP contribution >= 0.6 is 34.8 Å². The Labute approximate surface area is 889 Å². The van der Waals surface area contributed by atoms with E-state index in [1.165, 1.54) is 33.4 Å². The summed E-state index contributed by atoms with van der Waals surface area (Å²) < 4.78 is 100. The first-order chi connectivity index (χ1) is 70.1. The van der Waals surface area contributed by atoms with E-state index in [1.807, 2.05) is 69.3 Å². The Kier molecular flexibility index (Phi) is 32.5. The third-order valence-electron chi connectivity index (χ3n) is 38.0. The molecule has 3 saturated heterocycles. The molecule has 23 atom stereocenters. The Hall–Kier alpha value is -6.97. The molecule has 9 heterocycles. The van der Waals surface area contributed by atoms with Gasteiger partial charge in [0.2, 0.25) is 10.0 Å². The number of ether oxygens (including phenoxy) is 6. The maximum atomic E-state index is 13.9. The van der Waals surface area contributed by atoms with Gasteiger partial charge in [0, 0.05) is 156 Å². The fourth-order valence-electron chi connectivity index (χ4n) is 28.2. The SMILES string of the molecule is C=S1(=O)NC(=O)c2ccc3c(c2)N(C[C@@H]2CC[C@H]2[C@@](O)(CN2CCOC[C@@H]2C)CCC[C@H](C)[C@H]1C)C[C@@]1(CCCc2cc(Cl)ccc21)CO3.C=S1(=O)NC(=O)c2ccc3c(c2)N(C[C@@H]2CC[C@H]2[C@@](O)(CN2CCO[C@@H](C)C2)CCC[C@H](C)[C@H]1C)C[C@@]1(CCCc2cc(Cl)ccc21)CO3.C[C@@H]1[C@@H](C)CCC[C@@](O)(CN2CCOC[C@@H]2C)[C@@H]2CC[C@H]2CN2C[C@@]3(CCCc4cc(Cl)ccc43)COc3ccc(cc32)C(=O)NS1(=O)=O. The number of carbonyl (C=O) groups excluding carboxylic acids is 3. The Morgan fingerprint density at radius 3 is 1.08 bits per heavy atom. The number of halogens is 3. The monoisotopic (exact) mass is 2140 g/mol. The smallest absolute Gasteiger partial charge is 0.264 e. The van der Waals surface area contributed by atoms with Gasteiger partial charge >= 0.3 is 0 Å². The maximum Gasteiger partial charge on any atom is 0.264 e. The lowest BCUT2D eigenvalue weighted by Gasteiger charge is -2.52. The van der Waals surface area contributed by atoms with Crippen LogP contribution in [0.5, 0.6) is 17.2 Å². The molecule has 6 aromatic carbocycles. The number of aryl methyl sites for hydroxylation is 3. The van der Waals surface area contributed by atoms with Gasteiger partial charge in [-0.3, -0.25) is 38.5 Å². The van der Waals surface area contributed by atoms with Gasteiger partial charge in [-0.15, -0.1) is 0 Å². The molecule has 0 aromatic heterocycles. The molecule has 804 valence electrons. The fourth-order valence-corrected chi connectivity index (χ4v) is 33.1. The van der Waals surface area contributed by atoms with Gasteiger partial charge in [0.1, 0.15) is 17.2 Å². The largest absolute Gasteiger partial charge is 0.490 e. The van der Waals surface area contributed by atoms with Crippen molar-refractivity contribution < 1.29 is 75.0 Å². The van der Waals surface area contributed by atoms with Crippen molar-refractivity contribution in [1.29, 1.82) is 0 Å². The van der Waals surface area contributed by atoms with Crippen molar-refractivity contribution in [3.8, 4) is 17.2 Å². The lowest BCUT2D eigenvalue weighted by Crippen LogP contribution is -2.59. The van der Waals surface area contributed by atoms with Crippen LogP contribution in [0.1, 0.15) is 262 Å². The average molecular weight is 2140 g/mol. The number of nitrogens with zero attached hydrogens (tertiary/aromatic N) is 6. The van der Waals surface area contributed by atoms with E-state index in [4.69, 9.17) is 63.2 Å². The average Bonchev–Trinajstić information content (AvgIpc) is 1.61. The molecule has 3 saturated carbocycles. The van der Waals surface area contributed by atoms with Crippen molar-refractivity contribution >= 4 is 111 Å². The predicted octanol–water partition coefficient (Wildman–Crippen LogP) is 17.3. The number of aliphatic hydroxyl groups is 3. The van der Waals surface area contributed by atoms with Crippen LogP contribution in [-0.4, -0.2) is 265 Å². The molecule has 15 aliphatic rings. The first-order valence-electron chi connectivity index (χ1n) is 55.1. The number of carbonyl (C=O) groups is 3. The predicted molar refractivity (Wildman–Crippen MR) is 589 cm³/mol. The van der Waals surface area contributed by atoms with Gasteiger partial charge in [0.25, 0.3) is 17.7 Å². The topological polar surface area (TPSA) is 291 Å². The number of anilines is 3. The van der Waals surface area contributed by atoms with Gasteiger partial charge in [-0.25, -0.2) is 21.6 Å². The molecule has 6 aliphatic carbocycles. The number of hydrogen-bond donors (Lipinski definition) is 6. The van der Waals surface area contributed by atoms with Crippen LogP contribution in [-0.2, 0) is 79.2 Å². The zero-order valence-corrected chi connectivity index (χ0v) is 92.7. The molecule has 6 fully saturated rings. The first kappa shape index (κ1) is 108. The molecule has 3 amide bonds. The minimum absolute atomic E-state index is 0.0577. The van der Waals surface area contributed by atoms with E-state index >= 15 is 0 Å². The number of nitrogens with one attached hydrogen (secondary N) is 3. The third-order valence-corrected chi connectivity index (χ3v) is 45.1. The Morgan fingerprint density at radius 1 is 0.395 bits per heavy atom. The number of morpholine rings is 3. The van der Waals surface area contributed by atoms with Crippen LogP contribution in [0.25, 0.3) is 0 Å². The van der Waals surface area contributed by atoms with Crippen molar-refractivity contribution in [3.63, 3.8) is 0 Å². The van der Waals surface area contributed by atoms with Crippen LogP contribution in [0, 0.1) is 53.3 Å². The molecule has 6 aromatic rings. The zero-order valence-electron chi connectivity index (χ0n) is 88.0. The maximum absolute atomic E-state index is 13.9. The van der Waals surface area contributed by atoms with Crippen LogP contribution in [0.15, 0.2) is 109 Å². The van der Waals surface area contributed by atoms with Gasteiger partial charge in [0.05, 0.1) is 117 Å². The number of sulfonamides is 1. The summed E-state index contributed by atoms with van der Waals surface area (Å²) in [7, 11) is -9.83. The quantitative estimate of drug-likeness (QED) is 0.0845. The lowest BCUT2D eigenvalue weighted by molar-refractivity contribution is -0.124. The van der Waals surface area contributed by atoms with E-state index < -0.39 is 57.4 Å². The van der Waals surface area contributed by atoms with Crippen LogP contribution in [0.2, 0.25) is 15.1 Å². The second-order valence-corrected chi connectivity index (χ2v) is 55.9. The molecular formula is C116H160Cl3N9O16S3. The van der Waals surface area contributed by atoms with Gasteiger partial charge in [0.15, 0.2) is 0 Å². The molecule has 147 heavy (non-hydrogen) atoms. The minimum Gasteiger partial charge on any atom is -0.490 e. The highest BCUT2D eigenvalue weighted by molar-refractivity contribution is 7.99. The second kappa shape index (κ2) is 44.1. The number of β-amino-alcohol motifs (C(OH)–C–C–N with tert-alkyl or cyclic N) is 3. The summed E-state index contributed by atoms with van der Waals surface area (Å²) in [4.78, 5) is 55.4. The molecule has 31 heteroatoms. The summed E-state index contributed by atoms with van der Waals surface area (Å²) in [5.74, 6) is 10.1. The number of fused-ring (bicyclic) bond motifs is 12. The fraction of sp³-hybridized carbons (Fsp3) is 0.647. The lowest BCUT2D eigenvalue weighted by atomic mass is 9.62. The molecule has 9 aliphatic heterocycles. The summed E-state index contributed by atoms with van der Waals surface area (Å²) in [6, 6.07) is 35.8. The molecule has 0 radical (unpaired) electrons. The van der Waals surface area contributed by atoms with Crippen LogP contribution < -0.4 is 43.1 Å². The van der Waals surface area contributed by atoms with Crippen LogP contribution in [0.3, 0.4) is 0 Å². The highest BCUT2D eigenvalue weighted by Gasteiger charge is 2.56. The summed E-state index contributed by atoms with van der Waals surface area (Å²) in [6.07, 6.45) is 21.8. The van der Waals surface area contributed by atoms with E-state index in [9.17, 15) is 46.5 Å². The Balaban J connectivity index is 0.000000139. The zero-order chi connectivity index (χ0) is 104. The first-order valence-corrected chi connectivity index (χ1v) is 61.4. The number of rotatable bonds is 6. The summed E-state index contributed by atoms with van der Waals surface area (Å²) in [5, 5.41) is 39.1. The molecule has 25 nitrogen and oxygen atoms in total. The van der Waals surface area contributed by atoms with Crippen molar-refractivity contribution in [2.75, 3.05) is 153 Å². The van der Waals surface area contributed by atoms with E-state index in [0.717, 1.165) is 218 Å². The van der Waals surface area contributed by atoms with E-state index in [0.29, 0.717) is 140 Å². The molecule has 21 rings (SSSR count). The second-order valence-electron chi connectivity index (χ2n) is 47.7. The molecule has 3 spiro atoms. The summed E-state index contributed by atoms with van der Waals surface area (Å²) in [5.41, 5.74) is 8.04. The molecule has 6 bridgehead atoms. The van der Waals surface area contributed by atoms with Gasteiger partial charge in [-0.1, -0.05) is 93.0 Å². The normalized spacial score (nSPS) is 36.6. The Bertz CT molecular complexity index is 5920. The molecule has 2 unspecified atom stereocenters. The van der Waals surface area contributed by atoms with Gasteiger partial charge in [-0.05, 0) is 366 Å². The minimum atomic E-state index is -3.94. The van der Waals surface area contributed by atoms with Crippen molar-refractivity contribution in [3.05, 3.63) is 174 Å². The number of benzene rings is 6. The van der Waals surface area contributed by atoms with Gasteiger partial charge < -0.3 is 58.4 Å².